The van der Waals surface area contributed by atoms with Crippen LogP contribution in [0.2, 0.25) is 0 Å². The molecule has 4 heteroatoms. The third kappa shape index (κ3) is 1.07. The first kappa shape index (κ1) is 6.97. The molecule has 0 saturated heterocycles. The Hall–Kier alpha value is -1.71. The summed E-state index contributed by atoms with van der Waals surface area (Å²) in [6.45, 7) is 0. The normalized spacial score (nSPS) is 10.1. The standard InChI is InChI=1S/C8H5FN2O/c9-7-4-2-1-3-6(7)8-10-5-12-11-8/h1-5H. The van der Waals surface area contributed by atoms with E-state index in [-0.39, 0.29) is 11.6 Å². The first-order chi connectivity index (χ1) is 5.88. The molecule has 12 heavy (non-hydrogen) atoms. The minimum absolute atomic E-state index is 0.271. The molecular formula is C8H5FN2O. The molecule has 0 aliphatic carbocycles. The number of aromatic nitrogens is 2. The SMILES string of the molecule is Fc1ccccc1-c1ncon1. The van der Waals surface area contributed by atoms with Gasteiger partial charge in [-0.3, -0.25) is 0 Å². The molecule has 1 aromatic heterocycles. The van der Waals surface area contributed by atoms with Crippen LogP contribution in [0.5, 0.6) is 0 Å². The fourth-order valence-corrected chi connectivity index (χ4v) is 0.932. The summed E-state index contributed by atoms with van der Waals surface area (Å²) in [6.07, 6.45) is 1.17. The van der Waals surface area contributed by atoms with E-state index >= 15 is 0 Å². The van der Waals surface area contributed by atoms with Crippen LogP contribution in [0, 0.1) is 5.82 Å². The smallest absolute Gasteiger partial charge is 0.214 e. The molecule has 0 atom stereocenters. The Bertz CT molecular complexity index is 372. The number of nitrogens with zero attached hydrogens (tertiary/aromatic N) is 2. The molecule has 0 amide bonds. The zero-order chi connectivity index (χ0) is 8.39. The minimum atomic E-state index is -0.348. The zero-order valence-electron chi connectivity index (χ0n) is 6.07. The van der Waals surface area contributed by atoms with Crippen molar-refractivity contribution >= 4 is 0 Å². The van der Waals surface area contributed by atoms with E-state index < -0.39 is 0 Å². The van der Waals surface area contributed by atoms with Crippen LogP contribution in [-0.2, 0) is 0 Å². The highest BCUT2D eigenvalue weighted by atomic mass is 19.1. The lowest BCUT2D eigenvalue weighted by atomic mass is 10.2. The molecule has 1 heterocycles. The fourth-order valence-electron chi connectivity index (χ4n) is 0.932. The van der Waals surface area contributed by atoms with Crippen molar-refractivity contribution in [3.63, 3.8) is 0 Å². The van der Waals surface area contributed by atoms with Crippen LogP contribution < -0.4 is 0 Å². The maximum Gasteiger partial charge on any atom is 0.214 e. The van der Waals surface area contributed by atoms with Crippen molar-refractivity contribution in [1.29, 1.82) is 0 Å². The molecule has 0 aliphatic heterocycles. The molecule has 2 rings (SSSR count). The average molecular weight is 164 g/mol. The van der Waals surface area contributed by atoms with Crippen molar-refractivity contribution in [2.24, 2.45) is 0 Å². The number of rotatable bonds is 1. The molecule has 0 unspecified atom stereocenters. The Kier molecular flexibility index (Phi) is 1.59. The summed E-state index contributed by atoms with van der Waals surface area (Å²) < 4.78 is 17.5. The highest BCUT2D eigenvalue weighted by Gasteiger charge is 2.06. The van der Waals surface area contributed by atoms with Gasteiger partial charge < -0.3 is 4.52 Å². The second-order valence-corrected chi connectivity index (χ2v) is 2.23. The Morgan fingerprint density at radius 3 is 2.75 bits per heavy atom. The van der Waals surface area contributed by atoms with Crippen LogP contribution in [0.4, 0.5) is 4.39 Å². The van der Waals surface area contributed by atoms with Crippen LogP contribution in [0.1, 0.15) is 0 Å². The first-order valence-corrected chi connectivity index (χ1v) is 3.39. The molecule has 60 valence electrons. The molecule has 0 N–H and O–H groups in total. The topological polar surface area (TPSA) is 38.9 Å². The van der Waals surface area contributed by atoms with Crippen LogP contribution >= 0.6 is 0 Å². The highest BCUT2D eigenvalue weighted by Crippen LogP contribution is 2.17. The fraction of sp³-hybridized carbons (Fsp3) is 0. The molecule has 0 bridgehead atoms. The lowest BCUT2D eigenvalue weighted by molar-refractivity contribution is 0.418. The van der Waals surface area contributed by atoms with Gasteiger partial charge in [-0.05, 0) is 12.1 Å². The molecule has 0 saturated carbocycles. The van der Waals surface area contributed by atoms with Gasteiger partial charge in [-0.2, -0.15) is 4.98 Å². The number of benzene rings is 1. The van der Waals surface area contributed by atoms with Gasteiger partial charge in [0.15, 0.2) is 0 Å². The number of hydrogen-bond donors (Lipinski definition) is 0. The summed E-state index contributed by atoms with van der Waals surface area (Å²) in [7, 11) is 0. The number of hydrogen-bond acceptors (Lipinski definition) is 3. The van der Waals surface area contributed by atoms with E-state index in [0.717, 1.165) is 0 Å². The van der Waals surface area contributed by atoms with Crippen molar-refractivity contribution in [2.75, 3.05) is 0 Å². The predicted molar refractivity (Wildman–Crippen MR) is 39.7 cm³/mol. The van der Waals surface area contributed by atoms with Gasteiger partial charge in [0.25, 0.3) is 0 Å². The molecule has 0 radical (unpaired) electrons. The third-order valence-electron chi connectivity index (χ3n) is 1.48. The van der Waals surface area contributed by atoms with Gasteiger partial charge in [0.2, 0.25) is 12.2 Å². The summed E-state index contributed by atoms with van der Waals surface area (Å²) >= 11 is 0. The van der Waals surface area contributed by atoms with E-state index in [9.17, 15) is 4.39 Å². The van der Waals surface area contributed by atoms with Crippen LogP contribution in [0.3, 0.4) is 0 Å². The van der Waals surface area contributed by atoms with Crippen LogP contribution in [0.15, 0.2) is 35.2 Å². The summed E-state index contributed by atoms with van der Waals surface area (Å²) in [5, 5.41) is 3.52. The summed E-state index contributed by atoms with van der Waals surface area (Å²) in [6, 6.07) is 6.28. The summed E-state index contributed by atoms with van der Waals surface area (Å²) in [5.41, 5.74) is 0.353. The Balaban J connectivity index is 2.55. The van der Waals surface area contributed by atoms with Gasteiger partial charge >= 0.3 is 0 Å². The molecule has 3 nitrogen and oxygen atoms in total. The van der Waals surface area contributed by atoms with Crippen molar-refractivity contribution < 1.29 is 8.91 Å². The molecule has 1 aromatic carbocycles. The quantitative estimate of drug-likeness (QED) is 0.645. The third-order valence-corrected chi connectivity index (χ3v) is 1.48. The Morgan fingerprint density at radius 2 is 2.08 bits per heavy atom. The van der Waals surface area contributed by atoms with E-state index in [0.29, 0.717) is 5.56 Å². The van der Waals surface area contributed by atoms with Gasteiger partial charge in [0.05, 0.1) is 5.56 Å². The predicted octanol–water partition coefficient (Wildman–Crippen LogP) is 1.88. The Labute approximate surface area is 67.8 Å². The molecule has 0 fully saturated rings. The molecule has 2 aromatic rings. The van der Waals surface area contributed by atoms with E-state index in [4.69, 9.17) is 0 Å². The van der Waals surface area contributed by atoms with E-state index in [1.54, 1.807) is 18.2 Å². The Morgan fingerprint density at radius 1 is 1.25 bits per heavy atom. The first-order valence-electron chi connectivity index (χ1n) is 3.39. The van der Waals surface area contributed by atoms with Crippen molar-refractivity contribution in [3.8, 4) is 11.4 Å². The minimum Gasteiger partial charge on any atom is -0.342 e. The van der Waals surface area contributed by atoms with Crippen molar-refractivity contribution in [1.82, 2.24) is 10.1 Å². The monoisotopic (exact) mass is 164 g/mol. The largest absolute Gasteiger partial charge is 0.342 e. The summed E-state index contributed by atoms with van der Waals surface area (Å²) in [4.78, 5) is 3.73. The lowest BCUT2D eigenvalue weighted by Gasteiger charge is -1.93. The summed E-state index contributed by atoms with van der Waals surface area (Å²) in [5.74, 6) is -0.0769. The van der Waals surface area contributed by atoms with Crippen molar-refractivity contribution in [3.05, 3.63) is 36.5 Å². The van der Waals surface area contributed by atoms with Gasteiger partial charge in [-0.15, -0.1) is 0 Å². The number of halogens is 1. The van der Waals surface area contributed by atoms with Crippen molar-refractivity contribution in [2.45, 2.75) is 0 Å². The van der Waals surface area contributed by atoms with Gasteiger partial charge in [-0.1, -0.05) is 17.3 Å². The molecule has 0 spiro atoms. The molecular weight excluding hydrogens is 159 g/mol. The van der Waals surface area contributed by atoms with E-state index in [2.05, 4.69) is 14.7 Å². The van der Waals surface area contributed by atoms with E-state index in [1.807, 2.05) is 0 Å². The second-order valence-electron chi connectivity index (χ2n) is 2.23. The average Bonchev–Trinajstić information content (AvgIpc) is 2.57. The maximum absolute atomic E-state index is 13.0. The zero-order valence-corrected chi connectivity index (χ0v) is 6.07. The van der Waals surface area contributed by atoms with Crippen LogP contribution in [-0.4, -0.2) is 10.1 Å². The maximum atomic E-state index is 13.0. The lowest BCUT2D eigenvalue weighted by Crippen LogP contribution is -1.84. The second kappa shape index (κ2) is 2.73. The molecule has 0 aliphatic rings. The van der Waals surface area contributed by atoms with Gasteiger partial charge in [0, 0.05) is 0 Å². The van der Waals surface area contributed by atoms with Gasteiger partial charge in [0.1, 0.15) is 5.82 Å². The van der Waals surface area contributed by atoms with E-state index in [1.165, 1.54) is 12.5 Å². The van der Waals surface area contributed by atoms with Gasteiger partial charge in [-0.25, -0.2) is 4.39 Å². The van der Waals surface area contributed by atoms with Crippen LogP contribution in [0.25, 0.3) is 11.4 Å². The highest BCUT2D eigenvalue weighted by molar-refractivity contribution is 5.54.